The molecule has 0 aromatic heterocycles. The van der Waals surface area contributed by atoms with Gasteiger partial charge in [-0.15, -0.1) is 0 Å². The Morgan fingerprint density at radius 3 is 2.68 bits per heavy atom. The van der Waals surface area contributed by atoms with Gasteiger partial charge in [0.15, 0.2) is 0 Å². The van der Waals surface area contributed by atoms with E-state index in [1.165, 1.54) is 6.92 Å². The Balaban J connectivity index is 1.97. The SMILES string of the molecule is C=C1C(=O)OC2C=C(C)C(OC(C)=O)CC3OC3(C)CC(OC(=O)C(=CCO)CO)C12. The quantitative estimate of drug-likeness (QED) is 0.210. The number of aliphatic hydroxyl groups is 2. The Morgan fingerprint density at radius 2 is 2.06 bits per heavy atom. The van der Waals surface area contributed by atoms with Crippen molar-refractivity contribution in [3.05, 3.63) is 35.5 Å². The fourth-order valence-electron chi connectivity index (χ4n) is 4.21. The summed E-state index contributed by atoms with van der Waals surface area (Å²) in [6, 6.07) is 0. The predicted octanol–water partition coefficient (Wildman–Crippen LogP) is 0.736. The highest BCUT2D eigenvalue weighted by Crippen LogP contribution is 2.48. The van der Waals surface area contributed by atoms with Crippen LogP contribution in [0.2, 0.25) is 0 Å². The van der Waals surface area contributed by atoms with Gasteiger partial charge in [0.25, 0.3) is 0 Å². The number of aliphatic hydroxyl groups excluding tert-OH is 2. The molecule has 0 amide bonds. The number of fused-ring (bicyclic) bond motifs is 2. The van der Waals surface area contributed by atoms with E-state index in [2.05, 4.69) is 6.58 Å². The Morgan fingerprint density at radius 1 is 1.35 bits per heavy atom. The van der Waals surface area contributed by atoms with Gasteiger partial charge in [0, 0.05) is 25.3 Å². The fourth-order valence-corrected chi connectivity index (χ4v) is 4.21. The summed E-state index contributed by atoms with van der Waals surface area (Å²) in [5, 5.41) is 18.5. The van der Waals surface area contributed by atoms with Gasteiger partial charge in [0.1, 0.15) is 18.3 Å². The van der Waals surface area contributed by atoms with Crippen molar-refractivity contribution in [2.24, 2.45) is 5.92 Å². The lowest BCUT2D eigenvalue weighted by molar-refractivity contribution is -0.149. The highest BCUT2D eigenvalue weighted by atomic mass is 16.6. The van der Waals surface area contributed by atoms with Crippen molar-refractivity contribution >= 4 is 17.9 Å². The molecule has 2 heterocycles. The second kappa shape index (κ2) is 8.94. The average molecular weight is 436 g/mol. The van der Waals surface area contributed by atoms with Crippen molar-refractivity contribution in [3.63, 3.8) is 0 Å². The molecule has 0 aromatic carbocycles. The second-order valence-corrected chi connectivity index (χ2v) is 8.30. The molecule has 2 saturated heterocycles. The first-order valence-corrected chi connectivity index (χ1v) is 10.1. The highest BCUT2D eigenvalue weighted by Gasteiger charge is 2.58. The fraction of sp³-hybridized carbons (Fsp3) is 0.591. The van der Waals surface area contributed by atoms with Crippen LogP contribution in [0.4, 0.5) is 0 Å². The summed E-state index contributed by atoms with van der Waals surface area (Å²) in [6.07, 6.45) is 1.15. The minimum Gasteiger partial charge on any atom is -0.458 e. The monoisotopic (exact) mass is 436 g/mol. The molecule has 0 saturated carbocycles. The first-order valence-electron chi connectivity index (χ1n) is 10.1. The van der Waals surface area contributed by atoms with E-state index in [9.17, 15) is 19.5 Å². The third-order valence-electron chi connectivity index (χ3n) is 6.00. The second-order valence-electron chi connectivity index (χ2n) is 8.30. The van der Waals surface area contributed by atoms with Gasteiger partial charge in [-0.2, -0.15) is 0 Å². The molecule has 0 aromatic rings. The van der Waals surface area contributed by atoms with Crippen LogP contribution in [-0.2, 0) is 33.3 Å². The maximum absolute atomic E-state index is 12.6. The molecule has 170 valence electrons. The van der Waals surface area contributed by atoms with Crippen LogP contribution >= 0.6 is 0 Å². The van der Waals surface area contributed by atoms with E-state index >= 15 is 0 Å². The molecule has 2 N–H and O–H groups in total. The van der Waals surface area contributed by atoms with Crippen LogP contribution in [0.1, 0.15) is 33.6 Å². The topological polar surface area (TPSA) is 132 Å². The zero-order valence-electron chi connectivity index (χ0n) is 17.8. The van der Waals surface area contributed by atoms with Crippen molar-refractivity contribution in [2.45, 2.75) is 63.6 Å². The van der Waals surface area contributed by atoms with Crippen LogP contribution in [-0.4, -0.2) is 71.4 Å². The molecular weight excluding hydrogens is 408 g/mol. The van der Waals surface area contributed by atoms with Crippen molar-refractivity contribution in [1.82, 2.24) is 0 Å². The number of hydrogen-bond acceptors (Lipinski definition) is 9. The summed E-state index contributed by atoms with van der Waals surface area (Å²) < 4.78 is 22.5. The number of esters is 3. The van der Waals surface area contributed by atoms with E-state index in [4.69, 9.17) is 24.1 Å². The average Bonchev–Trinajstić information content (AvgIpc) is 3.22. The van der Waals surface area contributed by atoms with Gasteiger partial charge in [0.2, 0.25) is 0 Å². The number of ether oxygens (including phenoxy) is 4. The van der Waals surface area contributed by atoms with Crippen LogP contribution in [0, 0.1) is 5.92 Å². The van der Waals surface area contributed by atoms with E-state index in [1.54, 1.807) is 13.0 Å². The largest absolute Gasteiger partial charge is 0.458 e. The standard InChI is InChI=1S/C22H28O9/c1-11-7-16-19(12(2)20(26)29-16)17(30-21(27)14(10-24)5-6-23)9-22(4)18(31-22)8-15(11)28-13(3)25/h5,7,15-19,23-24H,2,6,8-10H2,1,3-4H3. The van der Waals surface area contributed by atoms with Gasteiger partial charge in [-0.05, 0) is 31.6 Å². The number of carbonyl (C=O) groups excluding carboxylic acids is 3. The molecule has 9 heteroatoms. The Bertz CT molecular complexity index is 842. The Kier molecular flexibility index (Phi) is 6.68. The normalized spacial score (nSPS) is 35.3. The molecule has 2 fully saturated rings. The molecule has 9 nitrogen and oxygen atoms in total. The van der Waals surface area contributed by atoms with Crippen LogP contribution in [0.15, 0.2) is 35.5 Å². The molecular formula is C22H28O9. The number of rotatable bonds is 5. The van der Waals surface area contributed by atoms with Crippen LogP contribution in [0.3, 0.4) is 0 Å². The lowest BCUT2D eigenvalue weighted by Crippen LogP contribution is -2.38. The van der Waals surface area contributed by atoms with E-state index in [0.29, 0.717) is 12.0 Å². The minimum atomic E-state index is -0.825. The molecule has 3 aliphatic rings. The molecule has 0 bridgehead atoms. The third-order valence-corrected chi connectivity index (χ3v) is 6.00. The molecule has 0 radical (unpaired) electrons. The van der Waals surface area contributed by atoms with Gasteiger partial charge in [-0.25, -0.2) is 9.59 Å². The van der Waals surface area contributed by atoms with Gasteiger partial charge in [-0.3, -0.25) is 4.79 Å². The molecule has 6 unspecified atom stereocenters. The summed E-state index contributed by atoms with van der Waals surface area (Å²) in [4.78, 5) is 36.5. The van der Waals surface area contributed by atoms with Crippen LogP contribution in [0.25, 0.3) is 0 Å². The van der Waals surface area contributed by atoms with Crippen molar-refractivity contribution in [3.8, 4) is 0 Å². The van der Waals surface area contributed by atoms with E-state index in [1.807, 2.05) is 6.92 Å². The molecule has 31 heavy (non-hydrogen) atoms. The van der Waals surface area contributed by atoms with Crippen LogP contribution < -0.4 is 0 Å². The van der Waals surface area contributed by atoms with E-state index < -0.39 is 61.0 Å². The van der Waals surface area contributed by atoms with E-state index in [0.717, 1.165) is 6.08 Å². The summed E-state index contributed by atoms with van der Waals surface area (Å²) in [7, 11) is 0. The van der Waals surface area contributed by atoms with Gasteiger partial charge in [0.05, 0.1) is 36.4 Å². The molecule has 3 rings (SSSR count). The smallest absolute Gasteiger partial charge is 0.336 e. The van der Waals surface area contributed by atoms with Crippen molar-refractivity contribution < 1.29 is 43.5 Å². The van der Waals surface area contributed by atoms with Crippen molar-refractivity contribution in [1.29, 1.82) is 0 Å². The Labute approximate surface area is 180 Å². The summed E-state index contributed by atoms with van der Waals surface area (Å²) in [6.45, 7) is 7.76. The number of carbonyl (C=O) groups is 3. The summed E-state index contributed by atoms with van der Waals surface area (Å²) >= 11 is 0. The number of epoxide rings is 1. The zero-order chi connectivity index (χ0) is 22.9. The molecule has 1 aliphatic carbocycles. The lowest BCUT2D eigenvalue weighted by atomic mass is 9.82. The maximum Gasteiger partial charge on any atom is 0.336 e. The van der Waals surface area contributed by atoms with Crippen molar-refractivity contribution in [2.75, 3.05) is 13.2 Å². The summed E-state index contributed by atoms with van der Waals surface area (Å²) in [5.74, 6) is -2.52. The predicted molar refractivity (Wildman–Crippen MR) is 106 cm³/mol. The minimum absolute atomic E-state index is 0.0907. The maximum atomic E-state index is 12.6. The van der Waals surface area contributed by atoms with Crippen LogP contribution in [0.5, 0.6) is 0 Å². The molecule has 6 atom stereocenters. The summed E-state index contributed by atoms with van der Waals surface area (Å²) in [5.41, 5.74) is 0.0899. The Hall–Kier alpha value is -2.49. The van der Waals surface area contributed by atoms with Gasteiger partial charge < -0.3 is 29.2 Å². The molecule has 0 spiro atoms. The zero-order valence-corrected chi connectivity index (χ0v) is 17.8. The first-order chi connectivity index (χ1) is 14.6. The van der Waals surface area contributed by atoms with Gasteiger partial charge in [-0.1, -0.05) is 6.58 Å². The first kappa shape index (κ1) is 23.2. The van der Waals surface area contributed by atoms with E-state index in [-0.39, 0.29) is 23.7 Å². The molecule has 2 aliphatic heterocycles. The lowest BCUT2D eigenvalue weighted by Gasteiger charge is -2.29. The number of hydrogen-bond donors (Lipinski definition) is 2. The highest BCUT2D eigenvalue weighted by molar-refractivity contribution is 5.92. The van der Waals surface area contributed by atoms with Gasteiger partial charge >= 0.3 is 17.9 Å². The third kappa shape index (κ3) is 4.89.